The zero-order valence-corrected chi connectivity index (χ0v) is 39.5. The molecule has 0 radical (unpaired) electrons. The molecule has 6 rings (SSSR count). The van der Waals surface area contributed by atoms with Gasteiger partial charge in [-0.2, -0.15) is 40.4 Å². The van der Waals surface area contributed by atoms with Gasteiger partial charge in [0.2, 0.25) is 0 Å². The van der Waals surface area contributed by atoms with E-state index in [4.69, 9.17) is 14.2 Å². The number of halogens is 12. The molecular formula is C44H33F12N3O8S4. The number of amides is 2. The van der Waals surface area contributed by atoms with E-state index in [0.29, 0.717) is 30.4 Å². The summed E-state index contributed by atoms with van der Waals surface area (Å²) in [5.41, 5.74) is -0.851. The number of hydrazine groups is 1. The van der Waals surface area contributed by atoms with Gasteiger partial charge in [-0.25, -0.2) is 42.0 Å². The zero-order valence-electron chi connectivity index (χ0n) is 36.2. The summed E-state index contributed by atoms with van der Waals surface area (Å²) >= 11 is 0.196. The Morgan fingerprint density at radius 3 is 1.44 bits per heavy atom. The van der Waals surface area contributed by atoms with E-state index in [-0.39, 0.29) is 72.7 Å². The van der Waals surface area contributed by atoms with Gasteiger partial charge in [-0.15, -0.1) is 0 Å². The van der Waals surface area contributed by atoms with Crippen molar-refractivity contribution in [3.05, 3.63) is 91.4 Å². The van der Waals surface area contributed by atoms with Crippen LogP contribution in [0.4, 0.5) is 52.7 Å². The molecule has 27 heteroatoms. The fraction of sp³-hybridized carbons (Fsp3) is 0.364. The van der Waals surface area contributed by atoms with Crippen LogP contribution >= 0.6 is 47.0 Å². The highest BCUT2D eigenvalue weighted by atomic mass is 32.2. The first-order valence-electron chi connectivity index (χ1n) is 20.6. The molecule has 0 bridgehead atoms. The average Bonchev–Trinajstić information content (AvgIpc) is 4.02. The van der Waals surface area contributed by atoms with Gasteiger partial charge in [0.1, 0.15) is 11.6 Å². The van der Waals surface area contributed by atoms with Crippen molar-refractivity contribution in [1.82, 2.24) is 10.0 Å². The van der Waals surface area contributed by atoms with Crippen LogP contribution in [0.25, 0.3) is 0 Å². The molecule has 380 valence electrons. The number of hydrogen-bond donors (Lipinski definition) is 0. The standard InChI is InChI=1S/C44H33F12N3O8S4/c1-3-5-12-21(4-2)20-65-34(62)24(17-57)35-68-28-26(66-39(63)43(53,54)41(49,50)37(45)46)30-31(27(29(28)69-35)67-40(64)44(55,56)42(51,52)38(47)48)71-36(70-30)25-32(60)58(18-22-13-8-6-9-14-22)59(33(25)61)19-23-15-10-7-11-16-23/h6-11,13-16,21,37-38H,3-5,12,18-20H2,1-2H3. The number of nitrogens with zero attached hydrogens (tertiary/aromatic N) is 3. The minimum Gasteiger partial charge on any atom is -0.461 e. The molecule has 0 spiro atoms. The number of nitriles is 1. The monoisotopic (exact) mass is 1090 g/mol. The van der Waals surface area contributed by atoms with Gasteiger partial charge in [-0.1, -0.05) is 141 Å². The van der Waals surface area contributed by atoms with E-state index in [9.17, 15) is 64.4 Å². The minimum absolute atomic E-state index is 0.0327. The Morgan fingerprint density at radius 2 is 1.07 bits per heavy atom. The van der Waals surface area contributed by atoms with Crippen molar-refractivity contribution in [2.45, 2.75) is 109 Å². The number of esters is 3. The number of ether oxygens (including phenoxy) is 3. The van der Waals surface area contributed by atoms with Crippen molar-refractivity contribution in [3.63, 3.8) is 0 Å². The summed E-state index contributed by atoms with van der Waals surface area (Å²) in [6.07, 6.45) is -7.89. The number of unbranched alkanes of at least 4 members (excludes halogenated alkanes) is 1. The second-order valence-corrected chi connectivity index (χ2v) is 19.9. The second kappa shape index (κ2) is 21.7. The lowest BCUT2D eigenvalue weighted by atomic mass is 10.0. The Labute approximate surface area is 411 Å². The van der Waals surface area contributed by atoms with E-state index in [1.807, 2.05) is 6.92 Å². The molecule has 2 amide bonds. The fourth-order valence-corrected chi connectivity index (χ4v) is 12.0. The highest BCUT2D eigenvalue weighted by molar-refractivity contribution is 8.26. The smallest absolute Gasteiger partial charge is 0.410 e. The van der Waals surface area contributed by atoms with Crippen molar-refractivity contribution in [2.75, 3.05) is 6.61 Å². The highest BCUT2D eigenvalue weighted by Crippen LogP contribution is 2.69. The van der Waals surface area contributed by atoms with E-state index in [1.54, 1.807) is 67.6 Å². The zero-order chi connectivity index (χ0) is 52.4. The topological polar surface area (TPSA) is 143 Å². The van der Waals surface area contributed by atoms with E-state index < -0.39 is 117 Å². The van der Waals surface area contributed by atoms with Crippen LogP contribution in [0.2, 0.25) is 0 Å². The third-order valence-electron chi connectivity index (χ3n) is 10.6. The number of carbonyl (C=O) groups is 5. The van der Waals surface area contributed by atoms with Crippen LogP contribution in [0.1, 0.15) is 50.7 Å². The molecule has 0 saturated carbocycles. The number of alkyl halides is 12. The largest absolute Gasteiger partial charge is 0.461 e. The van der Waals surface area contributed by atoms with Crippen molar-refractivity contribution in [1.29, 1.82) is 5.26 Å². The van der Waals surface area contributed by atoms with Crippen LogP contribution in [0.15, 0.2) is 99.9 Å². The first-order chi connectivity index (χ1) is 33.3. The number of benzene rings is 3. The highest BCUT2D eigenvalue weighted by Gasteiger charge is 2.70. The summed E-state index contributed by atoms with van der Waals surface area (Å²) in [5.74, 6) is -39.1. The predicted octanol–water partition coefficient (Wildman–Crippen LogP) is 11.7. The summed E-state index contributed by atoms with van der Waals surface area (Å²) < 4.78 is 184. The molecule has 0 aromatic heterocycles. The van der Waals surface area contributed by atoms with Crippen molar-refractivity contribution >= 4 is 76.8 Å². The Balaban J connectivity index is 1.57. The van der Waals surface area contributed by atoms with E-state index in [1.165, 1.54) is 6.07 Å². The molecule has 11 nitrogen and oxygen atoms in total. The Hall–Kier alpha value is -5.46. The van der Waals surface area contributed by atoms with Crippen LogP contribution in [-0.4, -0.2) is 82.9 Å². The molecule has 3 heterocycles. The number of hydrogen-bond acceptors (Lipinski definition) is 13. The van der Waals surface area contributed by atoms with Crippen LogP contribution in [0.3, 0.4) is 0 Å². The van der Waals surface area contributed by atoms with Crippen molar-refractivity contribution < 1.29 is 90.9 Å². The molecule has 1 saturated heterocycles. The summed E-state index contributed by atoms with van der Waals surface area (Å²) in [5, 5.41) is 12.0. The van der Waals surface area contributed by atoms with E-state index in [0.717, 1.165) is 16.4 Å². The Bertz CT molecular complexity index is 2560. The van der Waals surface area contributed by atoms with Crippen molar-refractivity contribution in [2.24, 2.45) is 5.92 Å². The van der Waals surface area contributed by atoms with Gasteiger partial charge in [0.15, 0.2) is 17.1 Å². The summed E-state index contributed by atoms with van der Waals surface area (Å²) in [7, 11) is 0. The van der Waals surface area contributed by atoms with Crippen LogP contribution in [0.5, 0.6) is 11.5 Å². The molecule has 3 aliphatic heterocycles. The predicted molar refractivity (Wildman–Crippen MR) is 231 cm³/mol. The van der Waals surface area contributed by atoms with Crippen molar-refractivity contribution in [3.8, 4) is 17.6 Å². The summed E-state index contributed by atoms with van der Waals surface area (Å²) in [6.45, 7) is 2.77. The minimum atomic E-state index is -6.44. The Morgan fingerprint density at radius 1 is 0.662 bits per heavy atom. The SMILES string of the molecule is CCCCC(CC)COC(=O)C(C#N)=C1Sc2c(OC(=O)C(F)(F)C(F)(F)C(F)F)c3c(c(OC(=O)C(F)(F)C(F)(F)C(F)F)c2S1)SC(=C1C(=O)N(Cc2ccccc2)N(Cc2ccccc2)C1=O)S3. The van der Waals surface area contributed by atoms with Crippen LogP contribution in [-0.2, 0) is 41.8 Å². The summed E-state index contributed by atoms with van der Waals surface area (Å²) in [4.78, 5) is 64.3. The van der Waals surface area contributed by atoms with Gasteiger partial charge in [0, 0.05) is 0 Å². The van der Waals surface area contributed by atoms with E-state index >= 15 is 17.6 Å². The number of carbonyl (C=O) groups excluding carboxylic acids is 5. The second-order valence-electron chi connectivity index (χ2n) is 15.3. The molecule has 3 aromatic carbocycles. The fourth-order valence-electron chi connectivity index (χ4n) is 6.56. The molecule has 3 aliphatic rings. The third-order valence-corrected chi connectivity index (χ3v) is 15.8. The quantitative estimate of drug-likeness (QED) is 0.0281. The lowest BCUT2D eigenvalue weighted by Crippen LogP contribution is -2.53. The van der Waals surface area contributed by atoms with Gasteiger partial charge in [-0.3, -0.25) is 9.59 Å². The maximum Gasteiger partial charge on any atom is 0.410 e. The maximum atomic E-state index is 15.0. The van der Waals surface area contributed by atoms with Crippen LogP contribution in [0, 0.1) is 17.2 Å². The molecule has 0 N–H and O–H groups in total. The third kappa shape index (κ3) is 10.7. The first kappa shape index (κ1) is 54.9. The molecule has 1 unspecified atom stereocenters. The Kier molecular flexibility index (Phi) is 16.8. The molecule has 0 aliphatic carbocycles. The lowest BCUT2D eigenvalue weighted by Gasteiger charge is -2.27. The molecular weight excluding hydrogens is 1050 g/mol. The average molecular weight is 1090 g/mol. The molecule has 1 atom stereocenters. The van der Waals surface area contributed by atoms with Gasteiger partial charge in [0.25, 0.3) is 11.8 Å². The van der Waals surface area contributed by atoms with Gasteiger partial charge >= 0.3 is 54.4 Å². The molecule has 3 aromatic rings. The van der Waals surface area contributed by atoms with Gasteiger partial charge in [0.05, 0.1) is 47.8 Å². The van der Waals surface area contributed by atoms with Crippen LogP contribution < -0.4 is 9.47 Å². The lowest BCUT2D eigenvalue weighted by molar-refractivity contribution is -0.261. The summed E-state index contributed by atoms with van der Waals surface area (Å²) in [6, 6.07) is 17.5. The number of rotatable bonds is 19. The van der Waals surface area contributed by atoms with Gasteiger partial charge < -0.3 is 14.2 Å². The van der Waals surface area contributed by atoms with Gasteiger partial charge in [-0.05, 0) is 23.5 Å². The van der Waals surface area contributed by atoms with E-state index in [2.05, 4.69) is 0 Å². The number of thioether (sulfide) groups is 4. The number of fused-ring (bicyclic) bond motifs is 2. The normalized spacial score (nSPS) is 15.6. The molecule has 1 fully saturated rings. The molecule has 71 heavy (non-hydrogen) atoms. The maximum absolute atomic E-state index is 15.0. The first-order valence-corrected chi connectivity index (χ1v) is 23.9.